The maximum Gasteiger partial charge on any atom is 0.416 e. The van der Waals surface area contributed by atoms with Crippen molar-refractivity contribution in [2.75, 3.05) is 19.8 Å². The fraction of sp³-hybridized carbons (Fsp3) is 0.618. The predicted octanol–water partition coefficient (Wildman–Crippen LogP) is 2.98. The van der Waals surface area contributed by atoms with Crippen LogP contribution in [0.25, 0.3) is 5.70 Å². The van der Waals surface area contributed by atoms with Gasteiger partial charge in [0, 0.05) is 18.9 Å². The second kappa shape index (κ2) is 14.6. The lowest BCUT2D eigenvalue weighted by Crippen LogP contribution is -2.59. The first-order chi connectivity index (χ1) is 23.5. The first kappa shape index (κ1) is 37.1. The van der Waals surface area contributed by atoms with E-state index >= 15 is 0 Å². The first-order valence-electron chi connectivity index (χ1n) is 16.8. The van der Waals surface area contributed by atoms with Crippen molar-refractivity contribution < 1.29 is 51.5 Å². The summed E-state index contributed by atoms with van der Waals surface area (Å²) in [4.78, 5) is 74.3. The number of alkyl halides is 3. The Labute approximate surface area is 287 Å². The van der Waals surface area contributed by atoms with E-state index in [1.165, 1.54) is 17.0 Å². The number of ketones is 1. The van der Waals surface area contributed by atoms with Gasteiger partial charge < -0.3 is 30.3 Å². The van der Waals surface area contributed by atoms with E-state index in [0.29, 0.717) is 30.7 Å². The molecule has 0 unspecified atom stereocenters. The normalized spacial score (nSPS) is 24.6. The van der Waals surface area contributed by atoms with Crippen LogP contribution in [0.4, 0.5) is 18.0 Å². The Hall–Kier alpha value is -4.18. The van der Waals surface area contributed by atoms with E-state index in [2.05, 4.69) is 21.4 Å². The van der Waals surface area contributed by atoms with Gasteiger partial charge in [0.1, 0.15) is 23.8 Å². The summed E-state index contributed by atoms with van der Waals surface area (Å²) < 4.78 is 50.3. The summed E-state index contributed by atoms with van der Waals surface area (Å²) in [5.74, 6) is -2.93. The molecule has 3 aliphatic heterocycles. The highest BCUT2D eigenvalue weighted by molar-refractivity contribution is 6.38. The molecule has 4 amide bonds. The molecule has 4 aliphatic rings. The minimum absolute atomic E-state index is 0.0698. The van der Waals surface area contributed by atoms with Crippen LogP contribution in [0, 0.1) is 5.41 Å². The van der Waals surface area contributed by atoms with Crippen molar-refractivity contribution >= 4 is 35.3 Å². The molecule has 4 N–H and O–H groups in total. The van der Waals surface area contributed by atoms with Crippen LogP contribution in [0.15, 0.2) is 30.3 Å². The summed E-state index contributed by atoms with van der Waals surface area (Å²) in [7, 11) is 0. The predicted molar refractivity (Wildman–Crippen MR) is 172 cm³/mol. The summed E-state index contributed by atoms with van der Waals surface area (Å²) in [6.07, 6.45) is -1.64. The van der Waals surface area contributed by atoms with Gasteiger partial charge in [0.2, 0.25) is 17.6 Å². The van der Waals surface area contributed by atoms with Crippen LogP contribution < -0.4 is 21.4 Å². The summed E-state index contributed by atoms with van der Waals surface area (Å²) in [6, 6.07) is 0.806. The summed E-state index contributed by atoms with van der Waals surface area (Å²) in [6.45, 7) is 7.49. The number of hydroxylamine groups is 1. The van der Waals surface area contributed by atoms with Crippen molar-refractivity contribution in [3.63, 3.8) is 0 Å². The molecule has 3 fully saturated rings. The molecular weight excluding hydrogens is 663 g/mol. The number of carbonyl (C=O) groups is 5. The van der Waals surface area contributed by atoms with Crippen molar-refractivity contribution in [3.8, 4) is 0 Å². The van der Waals surface area contributed by atoms with Crippen LogP contribution in [0.1, 0.15) is 77.3 Å². The molecule has 5 atom stereocenters. The first-order valence-corrected chi connectivity index (χ1v) is 16.8. The Kier molecular flexibility index (Phi) is 10.8. The topological polar surface area (TPSA) is 164 Å². The zero-order valence-electron chi connectivity index (χ0n) is 28.5. The molecule has 274 valence electrons. The van der Waals surface area contributed by atoms with E-state index in [-0.39, 0.29) is 32.0 Å². The van der Waals surface area contributed by atoms with Gasteiger partial charge in [0.15, 0.2) is 0 Å². The number of halogens is 3. The van der Waals surface area contributed by atoms with Crippen molar-refractivity contribution in [3.05, 3.63) is 41.5 Å². The molecule has 2 saturated heterocycles. The Bertz CT molecular complexity index is 1500. The highest BCUT2D eigenvalue weighted by Gasteiger charge is 2.54. The van der Waals surface area contributed by atoms with Crippen molar-refractivity contribution in [1.29, 1.82) is 0 Å². The fourth-order valence-corrected chi connectivity index (χ4v) is 6.20. The van der Waals surface area contributed by atoms with E-state index in [9.17, 15) is 37.1 Å². The quantitative estimate of drug-likeness (QED) is 0.253. The maximum absolute atomic E-state index is 14.4. The van der Waals surface area contributed by atoms with Crippen molar-refractivity contribution in [1.82, 2.24) is 26.3 Å². The number of nitrogens with zero attached hydrogens (tertiary/aromatic N) is 1. The number of rotatable bonds is 11. The summed E-state index contributed by atoms with van der Waals surface area (Å²) in [5.41, 5.74) is 0.439. The zero-order chi connectivity index (χ0) is 36.4. The van der Waals surface area contributed by atoms with Crippen LogP contribution in [0.5, 0.6) is 0 Å². The molecule has 1 aromatic carbocycles. The van der Waals surface area contributed by atoms with Crippen LogP contribution in [0.3, 0.4) is 0 Å². The minimum atomic E-state index is -4.52. The SMILES string of the molecule is CCC[C@H](NC(=O)[C@@H]1C[C@]2(C=C(c3ccc(C(F)(F)F)cc3)NO2)CN1C(=O)[C@@H](NC(=O)O[C@H]1CCOC1)C(C)(C)C)C(=O)C(=O)NC1CC1. The van der Waals surface area contributed by atoms with Gasteiger partial charge in [-0.3, -0.25) is 29.5 Å². The second-order valence-corrected chi connectivity index (χ2v) is 14.4. The molecule has 0 radical (unpaired) electrons. The van der Waals surface area contributed by atoms with Crippen molar-refractivity contribution in [2.45, 2.75) is 108 Å². The van der Waals surface area contributed by atoms with Gasteiger partial charge in [-0.05, 0) is 48.4 Å². The number of Topliss-reactive ketones (excluding diaryl/α,β-unsaturated/α-hetero) is 1. The molecule has 13 nitrogen and oxygen atoms in total. The molecule has 1 saturated carbocycles. The zero-order valence-corrected chi connectivity index (χ0v) is 28.5. The van der Waals surface area contributed by atoms with E-state index in [1.807, 2.05) is 0 Å². The second-order valence-electron chi connectivity index (χ2n) is 14.4. The van der Waals surface area contributed by atoms with Gasteiger partial charge in [0.25, 0.3) is 5.91 Å². The Morgan fingerprint density at radius 3 is 2.34 bits per heavy atom. The molecule has 16 heteroatoms. The number of alkyl carbamates (subject to hydrolysis) is 1. The van der Waals surface area contributed by atoms with E-state index in [1.54, 1.807) is 33.8 Å². The van der Waals surface area contributed by atoms with Gasteiger partial charge in [-0.15, -0.1) is 0 Å². The lowest BCUT2D eigenvalue weighted by molar-refractivity contribution is -0.144. The molecular formula is C34H44F3N5O8. The molecule has 1 spiro atoms. The van der Waals surface area contributed by atoms with Crippen molar-refractivity contribution in [2.24, 2.45) is 5.41 Å². The third-order valence-electron chi connectivity index (χ3n) is 9.12. The molecule has 3 heterocycles. The van der Waals surface area contributed by atoms with E-state index < -0.39 is 76.6 Å². The molecule has 5 rings (SSSR count). The van der Waals surface area contributed by atoms with Crippen LogP contribution in [0.2, 0.25) is 0 Å². The number of hydrogen-bond donors (Lipinski definition) is 4. The molecule has 1 aliphatic carbocycles. The maximum atomic E-state index is 14.4. The van der Waals surface area contributed by atoms with Crippen LogP contribution in [-0.4, -0.2) is 90.1 Å². The Balaban J connectivity index is 1.42. The number of ether oxygens (including phenoxy) is 2. The van der Waals surface area contributed by atoms with Gasteiger partial charge >= 0.3 is 12.3 Å². The third-order valence-corrected chi connectivity index (χ3v) is 9.12. The molecule has 50 heavy (non-hydrogen) atoms. The average molecular weight is 708 g/mol. The fourth-order valence-electron chi connectivity index (χ4n) is 6.20. The lowest BCUT2D eigenvalue weighted by atomic mass is 9.85. The Morgan fingerprint density at radius 1 is 1.06 bits per heavy atom. The van der Waals surface area contributed by atoms with Gasteiger partial charge in [-0.1, -0.05) is 46.2 Å². The van der Waals surface area contributed by atoms with E-state index in [0.717, 1.165) is 25.0 Å². The lowest BCUT2D eigenvalue weighted by Gasteiger charge is -2.35. The van der Waals surface area contributed by atoms with Crippen LogP contribution >= 0.6 is 0 Å². The van der Waals surface area contributed by atoms with E-state index in [4.69, 9.17) is 14.3 Å². The number of nitrogens with one attached hydrogen (secondary N) is 4. The molecule has 0 aromatic heterocycles. The number of hydrogen-bond acceptors (Lipinski definition) is 9. The third kappa shape index (κ3) is 8.75. The monoisotopic (exact) mass is 707 g/mol. The van der Waals surface area contributed by atoms with Crippen LogP contribution in [-0.2, 0) is 39.7 Å². The number of likely N-dealkylation sites (tertiary alicyclic amines) is 1. The molecule has 1 aromatic rings. The Morgan fingerprint density at radius 2 is 1.76 bits per heavy atom. The van der Waals surface area contributed by atoms with Gasteiger partial charge in [-0.2, -0.15) is 13.2 Å². The summed E-state index contributed by atoms with van der Waals surface area (Å²) in [5, 5.41) is 7.99. The highest BCUT2D eigenvalue weighted by Crippen LogP contribution is 2.39. The smallest absolute Gasteiger partial charge is 0.416 e. The molecule has 0 bridgehead atoms. The van der Waals surface area contributed by atoms with Gasteiger partial charge in [-0.25, -0.2) is 4.79 Å². The number of carbonyl (C=O) groups excluding carboxylic acids is 5. The minimum Gasteiger partial charge on any atom is -0.444 e. The largest absolute Gasteiger partial charge is 0.444 e. The number of amides is 4. The highest BCUT2D eigenvalue weighted by atomic mass is 19.4. The average Bonchev–Trinajstić information content (AvgIpc) is 3.39. The number of benzene rings is 1. The standard InChI is InChI=1S/C34H44F3N5O8/c1-5-6-23(26(43)29(45)38-21-11-12-21)39-28(44)25-16-33(15-24(41-50-33)19-7-9-20(10-8-19)34(35,36)37)18-42(25)30(46)27(32(2,3)4)40-31(47)49-22-13-14-48-17-22/h7-10,15,21-23,25,27,41H,5-6,11-14,16-18H2,1-4H3,(H,38,45)(H,39,44)(H,40,47)/t22-,23-,25-,27+,33+/m0/s1. The van der Waals surface area contributed by atoms with Gasteiger partial charge in [0.05, 0.1) is 37.1 Å². The summed E-state index contributed by atoms with van der Waals surface area (Å²) >= 11 is 0.